The number of nitrogens with one attached hydrogen (secondary N) is 1. The first-order chi connectivity index (χ1) is 8.10. The van der Waals surface area contributed by atoms with E-state index < -0.39 is 0 Å². The van der Waals surface area contributed by atoms with Crippen molar-refractivity contribution < 1.29 is 0 Å². The second-order valence-corrected chi connectivity index (χ2v) is 5.45. The zero-order chi connectivity index (χ0) is 12.4. The van der Waals surface area contributed by atoms with Crippen molar-refractivity contribution in [2.75, 3.05) is 7.05 Å². The Kier molecular flexibility index (Phi) is 3.77. The number of aromatic nitrogens is 2. The molecule has 3 heteroatoms. The Morgan fingerprint density at radius 3 is 2.59 bits per heavy atom. The summed E-state index contributed by atoms with van der Waals surface area (Å²) in [4.78, 5) is 9.18. The van der Waals surface area contributed by atoms with Gasteiger partial charge in [-0.25, -0.2) is 9.97 Å². The average Bonchev–Trinajstić information content (AvgIpc) is 3.09. The Morgan fingerprint density at radius 1 is 1.35 bits per heavy atom. The summed E-state index contributed by atoms with van der Waals surface area (Å²) in [5.41, 5.74) is 2.27. The molecular formula is C14H23N3. The first-order valence-electron chi connectivity index (χ1n) is 6.62. The van der Waals surface area contributed by atoms with Crippen molar-refractivity contribution in [3.8, 4) is 0 Å². The van der Waals surface area contributed by atoms with Crippen LogP contribution in [0.3, 0.4) is 0 Å². The van der Waals surface area contributed by atoms with Gasteiger partial charge in [0, 0.05) is 29.8 Å². The zero-order valence-electron chi connectivity index (χ0n) is 11.3. The monoisotopic (exact) mass is 233 g/mol. The Morgan fingerprint density at radius 2 is 2.06 bits per heavy atom. The lowest BCUT2D eigenvalue weighted by molar-refractivity contribution is 0.493. The van der Waals surface area contributed by atoms with Crippen LogP contribution in [0.15, 0.2) is 6.07 Å². The predicted molar refractivity (Wildman–Crippen MR) is 70.1 cm³/mol. The minimum Gasteiger partial charge on any atom is -0.316 e. The van der Waals surface area contributed by atoms with Gasteiger partial charge in [-0.05, 0) is 38.8 Å². The van der Waals surface area contributed by atoms with Crippen LogP contribution in [0.25, 0.3) is 0 Å². The van der Waals surface area contributed by atoms with Crippen LogP contribution in [-0.4, -0.2) is 23.1 Å². The summed E-state index contributed by atoms with van der Waals surface area (Å²) in [6, 6.07) is 2.71. The number of rotatable bonds is 5. The molecule has 0 spiro atoms. The molecular weight excluding hydrogens is 210 g/mol. The van der Waals surface area contributed by atoms with Crippen LogP contribution in [-0.2, 0) is 6.42 Å². The van der Waals surface area contributed by atoms with Crippen LogP contribution in [0.5, 0.6) is 0 Å². The van der Waals surface area contributed by atoms with Gasteiger partial charge in [-0.1, -0.05) is 13.8 Å². The molecule has 1 aliphatic rings. The quantitative estimate of drug-likeness (QED) is 0.849. The van der Waals surface area contributed by atoms with Crippen molar-refractivity contribution in [2.24, 2.45) is 5.92 Å². The first-order valence-corrected chi connectivity index (χ1v) is 6.62. The van der Waals surface area contributed by atoms with Gasteiger partial charge in [0.2, 0.25) is 0 Å². The van der Waals surface area contributed by atoms with Crippen molar-refractivity contribution in [2.45, 2.75) is 52.0 Å². The van der Waals surface area contributed by atoms with Crippen molar-refractivity contribution in [1.82, 2.24) is 15.3 Å². The second-order valence-electron chi connectivity index (χ2n) is 5.45. The van der Waals surface area contributed by atoms with Gasteiger partial charge in [0.25, 0.3) is 0 Å². The number of likely N-dealkylation sites (N-methyl/N-ethyl adjacent to an activating group) is 1. The van der Waals surface area contributed by atoms with Gasteiger partial charge >= 0.3 is 0 Å². The Hall–Kier alpha value is -0.960. The molecule has 1 aromatic rings. The average molecular weight is 233 g/mol. The van der Waals surface area contributed by atoms with Gasteiger partial charge in [-0.15, -0.1) is 0 Å². The topological polar surface area (TPSA) is 37.8 Å². The van der Waals surface area contributed by atoms with Gasteiger partial charge in [0.05, 0.1) is 0 Å². The van der Waals surface area contributed by atoms with Crippen LogP contribution in [0.4, 0.5) is 0 Å². The van der Waals surface area contributed by atoms with E-state index in [-0.39, 0.29) is 0 Å². The van der Waals surface area contributed by atoms with E-state index in [0.29, 0.717) is 12.0 Å². The molecule has 0 aliphatic heterocycles. The molecule has 0 radical (unpaired) electrons. The predicted octanol–water partition coefficient (Wildman–Crippen LogP) is 2.45. The van der Waals surface area contributed by atoms with E-state index >= 15 is 0 Å². The lowest BCUT2D eigenvalue weighted by atomic mass is 10.1. The summed E-state index contributed by atoms with van der Waals surface area (Å²) in [6.07, 6.45) is 3.77. The van der Waals surface area contributed by atoms with Crippen LogP contribution in [0.1, 0.15) is 49.8 Å². The minimum atomic E-state index is 0.405. The molecule has 1 atom stereocenters. The van der Waals surface area contributed by atoms with Gasteiger partial charge in [-0.2, -0.15) is 0 Å². The maximum Gasteiger partial charge on any atom is 0.131 e. The Balaban J connectivity index is 2.13. The summed E-state index contributed by atoms with van der Waals surface area (Å²) in [7, 11) is 2.06. The molecule has 0 bridgehead atoms. The molecule has 1 aromatic heterocycles. The van der Waals surface area contributed by atoms with Crippen LogP contribution in [0.2, 0.25) is 0 Å². The molecule has 1 fully saturated rings. The van der Waals surface area contributed by atoms with Gasteiger partial charge in [0.15, 0.2) is 0 Å². The number of aryl methyl sites for hydroxylation is 1. The normalized spacial score (nSPS) is 17.5. The lowest BCUT2D eigenvalue weighted by Gasteiger charge is -2.16. The van der Waals surface area contributed by atoms with Gasteiger partial charge in [0.1, 0.15) is 5.82 Å². The molecule has 1 aliphatic carbocycles. The molecule has 94 valence electrons. The Labute approximate surface area is 104 Å². The first kappa shape index (κ1) is 12.5. The fraction of sp³-hybridized carbons (Fsp3) is 0.714. The number of nitrogens with zero attached hydrogens (tertiary/aromatic N) is 2. The minimum absolute atomic E-state index is 0.405. The molecule has 1 unspecified atom stereocenters. The van der Waals surface area contributed by atoms with Crippen molar-refractivity contribution in [1.29, 1.82) is 0 Å². The molecule has 17 heavy (non-hydrogen) atoms. The highest BCUT2D eigenvalue weighted by molar-refractivity contribution is 5.13. The summed E-state index contributed by atoms with van der Waals surface area (Å²) in [5, 5.41) is 3.42. The van der Waals surface area contributed by atoms with Crippen LogP contribution < -0.4 is 5.32 Å². The highest BCUT2D eigenvalue weighted by Crippen LogP contribution is 2.33. The van der Waals surface area contributed by atoms with E-state index in [9.17, 15) is 0 Å². The van der Waals surface area contributed by atoms with E-state index in [2.05, 4.69) is 49.2 Å². The summed E-state index contributed by atoms with van der Waals surface area (Å²) >= 11 is 0. The largest absolute Gasteiger partial charge is 0.316 e. The molecule has 0 aromatic carbocycles. The van der Waals surface area contributed by atoms with E-state index in [1.54, 1.807) is 0 Å². The maximum absolute atomic E-state index is 4.68. The number of hydrogen-bond acceptors (Lipinski definition) is 3. The highest BCUT2D eigenvalue weighted by atomic mass is 14.9. The second kappa shape index (κ2) is 5.13. The molecule has 1 heterocycles. The van der Waals surface area contributed by atoms with E-state index in [0.717, 1.165) is 23.9 Å². The fourth-order valence-electron chi connectivity index (χ4n) is 2.25. The number of hydrogen-bond donors (Lipinski definition) is 1. The lowest BCUT2D eigenvalue weighted by Crippen LogP contribution is -2.30. The molecule has 1 saturated carbocycles. The van der Waals surface area contributed by atoms with Gasteiger partial charge in [-0.3, -0.25) is 0 Å². The van der Waals surface area contributed by atoms with E-state index in [1.165, 1.54) is 18.5 Å². The van der Waals surface area contributed by atoms with Crippen LogP contribution in [0, 0.1) is 12.8 Å². The van der Waals surface area contributed by atoms with E-state index in [1.807, 2.05) is 0 Å². The Bertz CT molecular complexity index is 383. The zero-order valence-corrected chi connectivity index (χ0v) is 11.3. The summed E-state index contributed by atoms with van der Waals surface area (Å²) in [5.74, 6) is 2.24. The van der Waals surface area contributed by atoms with Crippen molar-refractivity contribution >= 4 is 0 Å². The van der Waals surface area contributed by atoms with E-state index in [4.69, 9.17) is 0 Å². The smallest absolute Gasteiger partial charge is 0.131 e. The van der Waals surface area contributed by atoms with Crippen molar-refractivity contribution in [3.05, 3.63) is 23.3 Å². The standard InChI is InChI=1S/C14H23N3/c1-9(2)14-16-10(3)7-12(17-14)8-13(15-4)11-5-6-11/h7,9,11,13,15H,5-6,8H2,1-4H3. The third-order valence-electron chi connectivity index (χ3n) is 3.43. The molecule has 2 rings (SSSR count). The third kappa shape index (κ3) is 3.25. The summed E-state index contributed by atoms with van der Waals surface area (Å²) in [6.45, 7) is 6.35. The maximum atomic E-state index is 4.68. The summed E-state index contributed by atoms with van der Waals surface area (Å²) < 4.78 is 0. The molecule has 0 amide bonds. The van der Waals surface area contributed by atoms with Crippen molar-refractivity contribution in [3.63, 3.8) is 0 Å². The van der Waals surface area contributed by atoms with Gasteiger partial charge < -0.3 is 5.32 Å². The fourth-order valence-corrected chi connectivity index (χ4v) is 2.25. The SMILES string of the molecule is CNC(Cc1cc(C)nc(C(C)C)n1)C1CC1. The highest BCUT2D eigenvalue weighted by Gasteiger charge is 2.30. The molecule has 3 nitrogen and oxygen atoms in total. The molecule has 1 N–H and O–H groups in total. The third-order valence-corrected chi connectivity index (χ3v) is 3.43. The molecule has 0 saturated heterocycles. The van der Waals surface area contributed by atoms with Crippen LogP contribution >= 0.6 is 0 Å².